The van der Waals surface area contributed by atoms with Crippen molar-refractivity contribution in [3.05, 3.63) is 53.9 Å². The van der Waals surface area contributed by atoms with Gasteiger partial charge in [-0.2, -0.15) is 0 Å². The standard InChI is InChI=1S/C14H17N3/c1-10(16)12-3-2-4-13(6-12)14-5-11(7-15)8-17-9-14/h2-6,8-10H,7,15-16H2,1H3. The third-order valence-electron chi connectivity index (χ3n) is 2.78. The normalized spacial score (nSPS) is 12.4. The van der Waals surface area contributed by atoms with Gasteiger partial charge in [0.2, 0.25) is 0 Å². The highest BCUT2D eigenvalue weighted by Crippen LogP contribution is 2.22. The summed E-state index contributed by atoms with van der Waals surface area (Å²) in [7, 11) is 0. The molecule has 3 nitrogen and oxygen atoms in total. The molecule has 3 heteroatoms. The molecule has 1 aromatic heterocycles. The van der Waals surface area contributed by atoms with Gasteiger partial charge < -0.3 is 11.5 Å². The van der Waals surface area contributed by atoms with Gasteiger partial charge in [0.25, 0.3) is 0 Å². The SMILES string of the molecule is CC(N)c1cccc(-c2cncc(CN)c2)c1. The van der Waals surface area contributed by atoms with E-state index in [0.29, 0.717) is 6.54 Å². The van der Waals surface area contributed by atoms with Crippen LogP contribution >= 0.6 is 0 Å². The summed E-state index contributed by atoms with van der Waals surface area (Å²) in [6.45, 7) is 2.49. The number of nitrogens with two attached hydrogens (primary N) is 2. The molecule has 4 N–H and O–H groups in total. The fourth-order valence-corrected chi connectivity index (χ4v) is 1.76. The Morgan fingerprint density at radius 3 is 2.71 bits per heavy atom. The third kappa shape index (κ3) is 2.70. The van der Waals surface area contributed by atoms with E-state index in [4.69, 9.17) is 11.5 Å². The smallest absolute Gasteiger partial charge is 0.0346 e. The molecule has 88 valence electrons. The molecular weight excluding hydrogens is 210 g/mol. The fourth-order valence-electron chi connectivity index (χ4n) is 1.76. The van der Waals surface area contributed by atoms with Gasteiger partial charge in [-0.15, -0.1) is 0 Å². The highest BCUT2D eigenvalue weighted by molar-refractivity contribution is 5.64. The van der Waals surface area contributed by atoms with Crippen LogP contribution in [0.5, 0.6) is 0 Å². The maximum atomic E-state index is 5.88. The maximum absolute atomic E-state index is 5.88. The van der Waals surface area contributed by atoms with Gasteiger partial charge in [-0.25, -0.2) is 0 Å². The Hall–Kier alpha value is -1.71. The molecule has 0 amide bonds. The van der Waals surface area contributed by atoms with Crippen molar-refractivity contribution in [3.63, 3.8) is 0 Å². The molecule has 0 bridgehead atoms. The summed E-state index contributed by atoms with van der Waals surface area (Å²) in [6, 6.07) is 10.3. The Morgan fingerprint density at radius 2 is 2.00 bits per heavy atom. The van der Waals surface area contributed by atoms with Crippen LogP contribution in [0.2, 0.25) is 0 Å². The molecule has 0 aliphatic rings. The third-order valence-corrected chi connectivity index (χ3v) is 2.78. The Balaban J connectivity index is 2.41. The van der Waals surface area contributed by atoms with Crippen LogP contribution in [0.1, 0.15) is 24.1 Å². The predicted octanol–water partition coefficient (Wildman–Crippen LogP) is 2.23. The molecule has 0 aliphatic heterocycles. The maximum Gasteiger partial charge on any atom is 0.0346 e. The number of benzene rings is 1. The first-order valence-corrected chi connectivity index (χ1v) is 5.70. The Bertz CT molecular complexity index is 506. The summed E-state index contributed by atoms with van der Waals surface area (Å²) in [6.07, 6.45) is 3.64. The second-order valence-electron chi connectivity index (χ2n) is 4.20. The van der Waals surface area contributed by atoms with Gasteiger partial charge in [-0.3, -0.25) is 4.98 Å². The Labute approximate surface area is 101 Å². The average Bonchev–Trinajstić information content (AvgIpc) is 2.39. The molecule has 1 unspecified atom stereocenters. The van der Waals surface area contributed by atoms with E-state index in [-0.39, 0.29) is 6.04 Å². The van der Waals surface area contributed by atoms with Crippen LogP contribution in [0.25, 0.3) is 11.1 Å². The van der Waals surface area contributed by atoms with Crippen LogP contribution in [0.3, 0.4) is 0 Å². The summed E-state index contributed by atoms with van der Waals surface area (Å²) >= 11 is 0. The topological polar surface area (TPSA) is 64.9 Å². The first-order valence-electron chi connectivity index (χ1n) is 5.70. The molecule has 2 rings (SSSR count). The van der Waals surface area contributed by atoms with Crippen molar-refractivity contribution in [2.75, 3.05) is 0 Å². The molecular formula is C14H17N3. The summed E-state index contributed by atoms with van der Waals surface area (Å²) in [4.78, 5) is 4.20. The van der Waals surface area contributed by atoms with Crippen LogP contribution in [-0.2, 0) is 6.54 Å². The number of hydrogen-bond donors (Lipinski definition) is 2. The first-order chi connectivity index (χ1) is 8.20. The molecule has 0 fully saturated rings. The van der Waals surface area contributed by atoms with Crippen molar-refractivity contribution in [3.8, 4) is 11.1 Å². The van der Waals surface area contributed by atoms with Crippen LogP contribution in [-0.4, -0.2) is 4.98 Å². The number of nitrogens with zero attached hydrogens (tertiary/aromatic N) is 1. The van der Waals surface area contributed by atoms with E-state index in [1.807, 2.05) is 25.3 Å². The van der Waals surface area contributed by atoms with Crippen molar-refractivity contribution in [2.24, 2.45) is 11.5 Å². The molecule has 0 saturated heterocycles. The zero-order chi connectivity index (χ0) is 12.3. The van der Waals surface area contributed by atoms with Crippen LogP contribution in [0.4, 0.5) is 0 Å². The lowest BCUT2D eigenvalue weighted by molar-refractivity contribution is 0.818. The molecule has 0 aliphatic carbocycles. The van der Waals surface area contributed by atoms with Gasteiger partial charge >= 0.3 is 0 Å². The summed E-state index contributed by atoms with van der Waals surface area (Å²) < 4.78 is 0. The van der Waals surface area contributed by atoms with Crippen molar-refractivity contribution in [2.45, 2.75) is 19.5 Å². The molecule has 0 spiro atoms. The van der Waals surface area contributed by atoms with E-state index in [1.165, 1.54) is 0 Å². The van der Waals surface area contributed by atoms with E-state index in [1.54, 1.807) is 6.20 Å². The highest BCUT2D eigenvalue weighted by Gasteiger charge is 2.03. The van der Waals surface area contributed by atoms with Gasteiger partial charge in [-0.05, 0) is 35.7 Å². The molecule has 1 atom stereocenters. The van der Waals surface area contributed by atoms with Crippen LogP contribution in [0.15, 0.2) is 42.7 Å². The van der Waals surface area contributed by atoms with Crippen LogP contribution in [0, 0.1) is 0 Å². The van der Waals surface area contributed by atoms with Gasteiger partial charge in [-0.1, -0.05) is 18.2 Å². The zero-order valence-corrected chi connectivity index (χ0v) is 9.93. The first kappa shape index (κ1) is 11.8. The van der Waals surface area contributed by atoms with E-state index >= 15 is 0 Å². The minimum atomic E-state index is 0.0422. The molecule has 0 saturated carbocycles. The minimum absolute atomic E-state index is 0.0422. The number of pyridine rings is 1. The molecule has 1 aromatic carbocycles. The molecule has 2 aromatic rings. The van der Waals surface area contributed by atoms with Crippen LogP contribution < -0.4 is 11.5 Å². The predicted molar refractivity (Wildman–Crippen MR) is 70.2 cm³/mol. The molecule has 0 radical (unpaired) electrons. The van der Waals surface area contributed by atoms with Gasteiger partial charge in [0, 0.05) is 30.5 Å². The lowest BCUT2D eigenvalue weighted by Crippen LogP contribution is -2.04. The highest BCUT2D eigenvalue weighted by atomic mass is 14.6. The number of rotatable bonds is 3. The monoisotopic (exact) mass is 227 g/mol. The van der Waals surface area contributed by atoms with E-state index in [2.05, 4.69) is 23.2 Å². The summed E-state index contributed by atoms with van der Waals surface area (Å²) in [5.74, 6) is 0. The van der Waals surface area contributed by atoms with Crippen molar-refractivity contribution in [1.29, 1.82) is 0 Å². The van der Waals surface area contributed by atoms with Gasteiger partial charge in [0.05, 0.1) is 0 Å². The lowest BCUT2D eigenvalue weighted by atomic mass is 10.0. The molecule has 17 heavy (non-hydrogen) atoms. The fraction of sp³-hybridized carbons (Fsp3) is 0.214. The summed E-state index contributed by atoms with van der Waals surface area (Å²) in [5, 5.41) is 0. The summed E-state index contributed by atoms with van der Waals surface area (Å²) in [5.41, 5.74) is 15.9. The Morgan fingerprint density at radius 1 is 1.18 bits per heavy atom. The lowest BCUT2D eigenvalue weighted by Gasteiger charge is -2.08. The average molecular weight is 227 g/mol. The van der Waals surface area contributed by atoms with E-state index in [0.717, 1.165) is 22.3 Å². The van der Waals surface area contributed by atoms with E-state index in [9.17, 15) is 0 Å². The Kier molecular flexibility index (Phi) is 3.52. The largest absolute Gasteiger partial charge is 0.326 e. The second-order valence-corrected chi connectivity index (χ2v) is 4.20. The number of hydrogen-bond acceptors (Lipinski definition) is 3. The number of aromatic nitrogens is 1. The van der Waals surface area contributed by atoms with Gasteiger partial charge in [0.15, 0.2) is 0 Å². The second kappa shape index (κ2) is 5.08. The van der Waals surface area contributed by atoms with Crippen molar-refractivity contribution in [1.82, 2.24) is 4.98 Å². The minimum Gasteiger partial charge on any atom is -0.326 e. The zero-order valence-electron chi connectivity index (χ0n) is 9.93. The van der Waals surface area contributed by atoms with Crippen molar-refractivity contribution < 1.29 is 0 Å². The molecule has 1 heterocycles. The van der Waals surface area contributed by atoms with Crippen molar-refractivity contribution >= 4 is 0 Å². The quantitative estimate of drug-likeness (QED) is 0.845. The van der Waals surface area contributed by atoms with Gasteiger partial charge in [0.1, 0.15) is 0 Å². The van der Waals surface area contributed by atoms with E-state index < -0.39 is 0 Å².